The van der Waals surface area contributed by atoms with Crippen molar-refractivity contribution >= 4 is 19.9 Å². The number of nitrogens with zero attached hydrogens (tertiary/aromatic N) is 1. The van der Waals surface area contributed by atoms with Crippen LogP contribution in [0.15, 0.2) is 62.1 Å². The second kappa shape index (κ2) is 8.98. The highest BCUT2D eigenvalue weighted by atomic mass is 32.3. The maximum Gasteiger partial charge on any atom is 0.291 e. The number of hydrogen-bond donors (Lipinski definition) is 1. The average Bonchev–Trinajstić information content (AvgIpc) is 2.60. The number of rotatable bonds is 8. The highest BCUT2D eigenvalue weighted by molar-refractivity contribution is 8.02. The maximum atomic E-state index is 14.0. The minimum absolute atomic E-state index is 0.0322. The quantitative estimate of drug-likeness (QED) is 0.615. The molecule has 0 aliphatic carbocycles. The van der Waals surface area contributed by atoms with Gasteiger partial charge in [-0.2, -0.15) is 8.42 Å². The minimum Gasteiger partial charge on any atom is -0.228 e. The molecule has 0 radical (unpaired) electrons. The summed E-state index contributed by atoms with van der Waals surface area (Å²) in [5.41, 5.74) is 1.38. The molecule has 0 bridgehead atoms. The van der Waals surface area contributed by atoms with Gasteiger partial charge in [0.25, 0.3) is 10.0 Å². The third-order valence-electron chi connectivity index (χ3n) is 4.62. The van der Waals surface area contributed by atoms with Gasteiger partial charge in [-0.15, -0.1) is 0 Å². The summed E-state index contributed by atoms with van der Waals surface area (Å²) < 4.78 is 46.9. The predicted octanol–water partition coefficient (Wildman–Crippen LogP) is 5.24. The van der Waals surface area contributed by atoms with E-state index in [-0.39, 0.29) is 4.90 Å². The number of nitrogens with one attached hydrogen (secondary N) is 1. The zero-order valence-corrected chi connectivity index (χ0v) is 19.7. The SMILES string of the molecule is Cc1ccc(S(=O)(=O)N=S(=O)(NC(C)(C)CCC(C)C)c2ccc(C)cc2)cc1. The molecule has 7 heteroatoms. The third kappa shape index (κ3) is 6.66. The topological polar surface area (TPSA) is 75.6 Å². The van der Waals surface area contributed by atoms with E-state index in [1.54, 1.807) is 24.3 Å². The predicted molar refractivity (Wildman–Crippen MR) is 120 cm³/mol. The van der Waals surface area contributed by atoms with Gasteiger partial charge in [0.15, 0.2) is 9.92 Å². The zero-order chi connectivity index (χ0) is 21.9. The Morgan fingerprint density at radius 1 is 0.862 bits per heavy atom. The van der Waals surface area contributed by atoms with E-state index in [4.69, 9.17) is 0 Å². The fourth-order valence-corrected chi connectivity index (χ4v) is 6.71. The highest BCUT2D eigenvalue weighted by Gasteiger charge is 2.28. The van der Waals surface area contributed by atoms with Crippen molar-refractivity contribution in [1.82, 2.24) is 4.72 Å². The van der Waals surface area contributed by atoms with Gasteiger partial charge in [-0.25, -0.2) is 8.93 Å². The van der Waals surface area contributed by atoms with Crippen LogP contribution >= 0.6 is 0 Å². The molecule has 0 fully saturated rings. The molecular formula is C22H32N2O3S2. The van der Waals surface area contributed by atoms with Crippen LogP contribution in [0.5, 0.6) is 0 Å². The highest BCUT2D eigenvalue weighted by Crippen LogP contribution is 2.24. The first-order valence-corrected chi connectivity index (χ1v) is 12.7. The summed E-state index contributed by atoms with van der Waals surface area (Å²) in [6.45, 7) is 11.9. The summed E-state index contributed by atoms with van der Waals surface area (Å²) in [6, 6.07) is 13.4. The van der Waals surface area contributed by atoms with Crippen molar-refractivity contribution in [2.24, 2.45) is 9.69 Å². The van der Waals surface area contributed by atoms with Crippen molar-refractivity contribution in [3.8, 4) is 0 Å². The van der Waals surface area contributed by atoms with Crippen molar-refractivity contribution in [3.05, 3.63) is 59.7 Å². The van der Waals surface area contributed by atoms with E-state index in [2.05, 4.69) is 22.3 Å². The molecule has 0 heterocycles. The van der Waals surface area contributed by atoms with Crippen molar-refractivity contribution < 1.29 is 12.6 Å². The van der Waals surface area contributed by atoms with Crippen LogP contribution in [0.25, 0.3) is 0 Å². The standard InChI is InChI=1S/C22H32N2O3S2/c1-17(2)15-16-22(5,6)23-28(25,20-11-7-18(3)8-12-20)24-29(26,27)21-13-9-19(4)10-14-21/h7-14,17H,15-16H2,1-6H3,(H,23,24,25). The molecule has 160 valence electrons. The molecule has 1 N–H and O–H groups in total. The summed E-state index contributed by atoms with van der Waals surface area (Å²) in [7, 11) is -7.53. The van der Waals surface area contributed by atoms with E-state index >= 15 is 0 Å². The van der Waals surface area contributed by atoms with E-state index in [1.165, 1.54) is 12.1 Å². The van der Waals surface area contributed by atoms with Gasteiger partial charge < -0.3 is 0 Å². The van der Waals surface area contributed by atoms with Gasteiger partial charge in [0.05, 0.1) is 9.79 Å². The van der Waals surface area contributed by atoms with Gasteiger partial charge in [0.2, 0.25) is 0 Å². The molecular weight excluding hydrogens is 404 g/mol. The smallest absolute Gasteiger partial charge is 0.228 e. The summed E-state index contributed by atoms with van der Waals surface area (Å²) >= 11 is 0. The zero-order valence-electron chi connectivity index (χ0n) is 18.1. The van der Waals surface area contributed by atoms with Crippen LogP contribution in [-0.2, 0) is 19.9 Å². The van der Waals surface area contributed by atoms with E-state index in [9.17, 15) is 12.6 Å². The number of aryl methyl sites for hydroxylation is 2. The van der Waals surface area contributed by atoms with Crippen molar-refractivity contribution in [2.45, 2.75) is 69.7 Å². The minimum atomic E-state index is -4.11. The summed E-state index contributed by atoms with van der Waals surface area (Å²) in [4.78, 5) is 0.390. The van der Waals surface area contributed by atoms with Crippen LogP contribution in [0.3, 0.4) is 0 Å². The Morgan fingerprint density at radius 3 is 1.76 bits per heavy atom. The summed E-state index contributed by atoms with van der Waals surface area (Å²) in [5, 5.41) is 0. The lowest BCUT2D eigenvalue weighted by Gasteiger charge is -2.29. The van der Waals surface area contributed by atoms with Gasteiger partial charge in [-0.1, -0.05) is 53.0 Å². The molecule has 0 saturated heterocycles. The van der Waals surface area contributed by atoms with Crippen molar-refractivity contribution in [3.63, 3.8) is 0 Å². The number of sulfonamides is 1. The first-order chi connectivity index (χ1) is 13.3. The monoisotopic (exact) mass is 436 g/mol. The van der Waals surface area contributed by atoms with E-state index in [0.29, 0.717) is 10.8 Å². The Bertz CT molecular complexity index is 1050. The fourth-order valence-electron chi connectivity index (χ4n) is 2.81. The molecule has 2 rings (SSSR count). The lowest BCUT2D eigenvalue weighted by Crippen LogP contribution is -2.43. The van der Waals surface area contributed by atoms with Gasteiger partial charge in [0.1, 0.15) is 0 Å². The van der Waals surface area contributed by atoms with Gasteiger partial charge in [0, 0.05) is 5.54 Å². The first kappa shape index (κ1) is 23.6. The first-order valence-electron chi connectivity index (χ1n) is 9.79. The number of benzene rings is 2. The molecule has 1 unspecified atom stereocenters. The van der Waals surface area contributed by atoms with Crippen LogP contribution in [-0.4, -0.2) is 18.2 Å². The Morgan fingerprint density at radius 2 is 1.31 bits per heavy atom. The molecule has 0 aliphatic heterocycles. The molecule has 5 nitrogen and oxygen atoms in total. The summed E-state index contributed by atoms with van der Waals surface area (Å²) in [5.74, 6) is 0.486. The van der Waals surface area contributed by atoms with Crippen LogP contribution in [0.1, 0.15) is 51.7 Å². The second-order valence-electron chi connectivity index (χ2n) is 8.62. The van der Waals surface area contributed by atoms with Crippen molar-refractivity contribution in [1.29, 1.82) is 0 Å². The maximum absolute atomic E-state index is 14.0. The van der Waals surface area contributed by atoms with Crippen LogP contribution in [0, 0.1) is 19.8 Å². The van der Waals surface area contributed by atoms with Crippen molar-refractivity contribution in [2.75, 3.05) is 0 Å². The summed E-state index contributed by atoms with van der Waals surface area (Å²) in [6.07, 6.45) is 1.67. The Balaban J connectivity index is 2.58. The van der Waals surface area contributed by atoms with Crippen LogP contribution in [0.4, 0.5) is 0 Å². The molecule has 0 spiro atoms. The third-order valence-corrected chi connectivity index (χ3v) is 8.86. The molecule has 1 atom stereocenters. The molecule has 2 aromatic carbocycles. The van der Waals surface area contributed by atoms with Crippen LogP contribution < -0.4 is 4.72 Å². The molecule has 2 aromatic rings. The molecule has 29 heavy (non-hydrogen) atoms. The van der Waals surface area contributed by atoms with Gasteiger partial charge >= 0.3 is 0 Å². The Hall–Kier alpha value is -1.70. The fraction of sp³-hybridized carbons (Fsp3) is 0.455. The molecule has 0 amide bonds. The van der Waals surface area contributed by atoms with E-state index in [0.717, 1.165) is 24.0 Å². The number of hydrogen-bond acceptors (Lipinski definition) is 3. The normalized spacial score (nSPS) is 14.6. The van der Waals surface area contributed by atoms with Crippen LogP contribution in [0.2, 0.25) is 0 Å². The second-order valence-corrected chi connectivity index (χ2v) is 12.4. The Labute approximate surface area is 176 Å². The lowest BCUT2D eigenvalue weighted by molar-refractivity contribution is 0.385. The van der Waals surface area contributed by atoms with E-state index < -0.39 is 25.5 Å². The molecule has 0 aliphatic rings. The van der Waals surface area contributed by atoms with Gasteiger partial charge in [-0.05, 0) is 70.7 Å². The average molecular weight is 437 g/mol. The van der Waals surface area contributed by atoms with Gasteiger partial charge in [-0.3, -0.25) is 0 Å². The molecule has 0 saturated carbocycles. The Kier molecular flexibility index (Phi) is 7.30. The lowest BCUT2D eigenvalue weighted by atomic mass is 9.95. The molecule has 0 aromatic heterocycles. The largest absolute Gasteiger partial charge is 0.291 e. The van der Waals surface area contributed by atoms with E-state index in [1.807, 2.05) is 39.8 Å².